The van der Waals surface area contributed by atoms with Crippen molar-refractivity contribution in [3.63, 3.8) is 0 Å². The molecule has 5 nitrogen and oxygen atoms in total. The molecule has 0 aliphatic heterocycles. The van der Waals surface area contributed by atoms with E-state index in [1.165, 1.54) is 0 Å². The molecule has 0 aliphatic carbocycles. The van der Waals surface area contributed by atoms with E-state index in [0.29, 0.717) is 12.6 Å². The molecule has 1 atom stereocenters. The van der Waals surface area contributed by atoms with Gasteiger partial charge in [0.25, 0.3) is 0 Å². The molecule has 1 aromatic carbocycles. The molecule has 0 amide bonds. The zero-order chi connectivity index (χ0) is 15.1. The highest BCUT2D eigenvalue weighted by Crippen LogP contribution is 2.28. The lowest BCUT2D eigenvalue weighted by Crippen LogP contribution is -2.26. The van der Waals surface area contributed by atoms with Crippen molar-refractivity contribution >= 4 is 0 Å². The summed E-state index contributed by atoms with van der Waals surface area (Å²) in [5.74, 6) is 1.60. The maximum Gasteiger partial charge on any atom is 0.151 e. The van der Waals surface area contributed by atoms with E-state index in [-0.39, 0.29) is 0 Å². The molecule has 0 bridgehead atoms. The number of aromatic nitrogens is 1. The van der Waals surface area contributed by atoms with Crippen LogP contribution in [-0.2, 0) is 11.3 Å². The number of hydrogen-bond acceptors (Lipinski definition) is 5. The van der Waals surface area contributed by atoms with Crippen LogP contribution < -0.4 is 10.1 Å². The van der Waals surface area contributed by atoms with Gasteiger partial charge < -0.3 is 19.3 Å². The largest absolute Gasteiger partial charge is 0.496 e. The second-order valence-electron chi connectivity index (χ2n) is 4.94. The summed E-state index contributed by atoms with van der Waals surface area (Å²) in [6.07, 6.45) is 0.962. The Bertz CT molecular complexity index is 554. The highest BCUT2D eigenvalue weighted by molar-refractivity contribution is 5.66. The second kappa shape index (κ2) is 7.81. The van der Waals surface area contributed by atoms with E-state index in [9.17, 15) is 0 Å². The molecular weight excluding hydrogens is 268 g/mol. The monoisotopic (exact) mass is 290 g/mol. The number of hydrogen-bond donors (Lipinski definition) is 1. The third-order valence-corrected chi connectivity index (χ3v) is 3.32. The van der Waals surface area contributed by atoms with E-state index in [1.54, 1.807) is 14.2 Å². The van der Waals surface area contributed by atoms with E-state index in [0.717, 1.165) is 35.8 Å². The SMILES string of the molecule is COCC[C@@H](C)NCc1cc(-c2ccccc2OC)no1. The maximum atomic E-state index is 5.37. The van der Waals surface area contributed by atoms with Gasteiger partial charge in [0.2, 0.25) is 0 Å². The molecule has 1 aromatic heterocycles. The smallest absolute Gasteiger partial charge is 0.151 e. The Balaban J connectivity index is 1.98. The molecule has 0 aliphatic rings. The summed E-state index contributed by atoms with van der Waals surface area (Å²) in [6.45, 7) is 3.51. The van der Waals surface area contributed by atoms with E-state index < -0.39 is 0 Å². The van der Waals surface area contributed by atoms with Crippen LogP contribution in [0.2, 0.25) is 0 Å². The van der Waals surface area contributed by atoms with Crippen molar-refractivity contribution in [3.05, 3.63) is 36.1 Å². The average molecular weight is 290 g/mol. The van der Waals surface area contributed by atoms with Gasteiger partial charge in [0.1, 0.15) is 11.4 Å². The third-order valence-electron chi connectivity index (χ3n) is 3.32. The molecule has 1 N–H and O–H groups in total. The van der Waals surface area contributed by atoms with Crippen molar-refractivity contribution in [1.29, 1.82) is 0 Å². The predicted molar refractivity (Wildman–Crippen MR) is 81.3 cm³/mol. The van der Waals surface area contributed by atoms with Crippen molar-refractivity contribution < 1.29 is 14.0 Å². The number of methoxy groups -OCH3 is 2. The van der Waals surface area contributed by atoms with E-state index >= 15 is 0 Å². The molecule has 2 aromatic rings. The molecule has 0 fully saturated rings. The number of rotatable bonds is 8. The number of para-hydroxylation sites is 1. The topological polar surface area (TPSA) is 56.5 Å². The van der Waals surface area contributed by atoms with Gasteiger partial charge in [-0.15, -0.1) is 0 Å². The predicted octanol–water partition coefficient (Wildman–Crippen LogP) is 2.86. The second-order valence-corrected chi connectivity index (χ2v) is 4.94. The molecule has 0 unspecified atom stereocenters. The summed E-state index contributed by atoms with van der Waals surface area (Å²) >= 11 is 0. The van der Waals surface area contributed by atoms with Crippen LogP contribution in [0.15, 0.2) is 34.9 Å². The Hall–Kier alpha value is -1.85. The van der Waals surface area contributed by atoms with Crippen molar-refractivity contribution in [2.75, 3.05) is 20.8 Å². The minimum atomic E-state index is 0.366. The number of nitrogens with one attached hydrogen (secondary N) is 1. The van der Waals surface area contributed by atoms with Crippen LogP contribution in [0.25, 0.3) is 11.3 Å². The Labute approximate surface area is 125 Å². The van der Waals surface area contributed by atoms with E-state index in [4.69, 9.17) is 14.0 Å². The maximum absolute atomic E-state index is 5.37. The quantitative estimate of drug-likeness (QED) is 0.810. The van der Waals surface area contributed by atoms with Crippen molar-refractivity contribution in [2.24, 2.45) is 0 Å². The fraction of sp³-hybridized carbons (Fsp3) is 0.438. The number of nitrogens with zero attached hydrogens (tertiary/aromatic N) is 1. The summed E-state index contributed by atoms with van der Waals surface area (Å²) in [5.41, 5.74) is 1.72. The highest BCUT2D eigenvalue weighted by Gasteiger charge is 2.11. The lowest BCUT2D eigenvalue weighted by Gasteiger charge is -2.11. The number of benzene rings is 1. The fourth-order valence-electron chi connectivity index (χ4n) is 2.05. The molecule has 0 spiro atoms. The standard InChI is InChI=1S/C16H22N2O3/c1-12(8-9-19-2)17-11-13-10-15(18-21-13)14-6-4-5-7-16(14)20-3/h4-7,10,12,17H,8-9,11H2,1-3H3/t12-/m1/s1. The summed E-state index contributed by atoms with van der Waals surface area (Å²) < 4.78 is 15.8. The van der Waals surface area contributed by atoms with Crippen LogP contribution in [-0.4, -0.2) is 32.0 Å². The minimum absolute atomic E-state index is 0.366. The average Bonchev–Trinajstić information content (AvgIpc) is 2.99. The first-order valence-corrected chi connectivity index (χ1v) is 7.06. The van der Waals surface area contributed by atoms with Gasteiger partial charge in [0.15, 0.2) is 5.76 Å². The van der Waals surface area contributed by atoms with E-state index in [1.807, 2.05) is 30.3 Å². The molecule has 21 heavy (non-hydrogen) atoms. The molecule has 0 saturated heterocycles. The first-order valence-electron chi connectivity index (χ1n) is 7.06. The first kappa shape index (κ1) is 15.5. The van der Waals surface area contributed by atoms with Crippen LogP contribution in [0.3, 0.4) is 0 Å². The molecule has 0 radical (unpaired) electrons. The highest BCUT2D eigenvalue weighted by atomic mass is 16.5. The molecule has 2 rings (SSSR count). The number of ether oxygens (including phenoxy) is 2. The molecule has 5 heteroatoms. The Morgan fingerprint density at radius 3 is 2.86 bits per heavy atom. The van der Waals surface area contributed by atoms with Crippen LogP contribution in [0.4, 0.5) is 0 Å². The van der Waals surface area contributed by atoms with Crippen LogP contribution in [0, 0.1) is 0 Å². The van der Waals surface area contributed by atoms with Crippen LogP contribution >= 0.6 is 0 Å². The van der Waals surface area contributed by atoms with Gasteiger partial charge in [-0.25, -0.2) is 0 Å². The fourth-order valence-corrected chi connectivity index (χ4v) is 2.05. The normalized spacial score (nSPS) is 12.3. The van der Waals surface area contributed by atoms with Crippen molar-refractivity contribution in [2.45, 2.75) is 25.9 Å². The van der Waals surface area contributed by atoms with Gasteiger partial charge in [-0.1, -0.05) is 17.3 Å². The van der Waals surface area contributed by atoms with Gasteiger partial charge in [0, 0.05) is 31.4 Å². The zero-order valence-electron chi connectivity index (χ0n) is 12.8. The Kier molecular flexibility index (Phi) is 5.78. The van der Waals surface area contributed by atoms with Gasteiger partial charge >= 0.3 is 0 Å². The summed E-state index contributed by atoms with van der Waals surface area (Å²) in [4.78, 5) is 0. The van der Waals surface area contributed by atoms with Gasteiger partial charge in [-0.3, -0.25) is 0 Å². The van der Waals surface area contributed by atoms with Crippen LogP contribution in [0.5, 0.6) is 5.75 Å². The zero-order valence-corrected chi connectivity index (χ0v) is 12.8. The lowest BCUT2D eigenvalue weighted by molar-refractivity contribution is 0.184. The molecule has 0 saturated carbocycles. The summed E-state index contributed by atoms with van der Waals surface area (Å²) in [7, 11) is 3.36. The van der Waals surface area contributed by atoms with Crippen molar-refractivity contribution in [1.82, 2.24) is 10.5 Å². The van der Waals surface area contributed by atoms with Gasteiger partial charge in [-0.05, 0) is 25.5 Å². The minimum Gasteiger partial charge on any atom is -0.496 e. The van der Waals surface area contributed by atoms with Gasteiger partial charge in [0.05, 0.1) is 13.7 Å². The van der Waals surface area contributed by atoms with Gasteiger partial charge in [-0.2, -0.15) is 0 Å². The lowest BCUT2D eigenvalue weighted by atomic mass is 10.1. The summed E-state index contributed by atoms with van der Waals surface area (Å²) in [6, 6.07) is 10.1. The third kappa shape index (κ3) is 4.31. The first-order chi connectivity index (χ1) is 10.2. The molecular formula is C16H22N2O3. The Morgan fingerprint density at radius 1 is 1.29 bits per heavy atom. The molecule has 1 heterocycles. The summed E-state index contributed by atoms with van der Waals surface area (Å²) in [5, 5.41) is 7.50. The molecule has 114 valence electrons. The van der Waals surface area contributed by atoms with E-state index in [2.05, 4.69) is 17.4 Å². The van der Waals surface area contributed by atoms with Crippen molar-refractivity contribution in [3.8, 4) is 17.0 Å². The van der Waals surface area contributed by atoms with Crippen LogP contribution in [0.1, 0.15) is 19.1 Å². The Morgan fingerprint density at radius 2 is 2.10 bits per heavy atom.